The lowest BCUT2D eigenvalue weighted by Gasteiger charge is -2.23. The largest absolute Gasteiger partial charge is 0.624 e. The van der Waals surface area contributed by atoms with Crippen LogP contribution in [0.1, 0.15) is 6.92 Å². The van der Waals surface area contributed by atoms with E-state index in [1.54, 1.807) is 25.4 Å². The topological polar surface area (TPSA) is 115 Å². The fraction of sp³-hybridized carbons (Fsp3) is 0.214. The van der Waals surface area contributed by atoms with E-state index in [2.05, 4.69) is 20.6 Å². The van der Waals surface area contributed by atoms with Gasteiger partial charge in [0.15, 0.2) is 0 Å². The standard InChI is InChI=1S/C14H17N5O3/c1-10(19(22)14(20)21)9-17-13-11(5-4-8-16-13)18-12-6-2-3-7-15-12/h2-8,10,19H,9H2,1H3,(H,15,18)(H,16,17)(H,20,21). The fourth-order valence-corrected chi connectivity index (χ4v) is 1.77. The number of pyridine rings is 2. The number of quaternary nitrogens is 1. The van der Waals surface area contributed by atoms with Crippen LogP contribution in [0.2, 0.25) is 0 Å². The van der Waals surface area contributed by atoms with E-state index in [9.17, 15) is 10.0 Å². The molecule has 0 radical (unpaired) electrons. The van der Waals surface area contributed by atoms with Crippen LogP contribution in [0.5, 0.6) is 0 Å². The molecule has 4 N–H and O–H groups in total. The van der Waals surface area contributed by atoms with Crippen LogP contribution in [0.15, 0.2) is 42.7 Å². The Morgan fingerprint density at radius 2 is 2.09 bits per heavy atom. The van der Waals surface area contributed by atoms with Crippen molar-refractivity contribution in [2.24, 2.45) is 0 Å². The Bertz CT molecular complexity index is 623. The maximum absolute atomic E-state index is 11.4. The molecule has 0 aliphatic rings. The third-order valence-electron chi connectivity index (χ3n) is 2.97. The van der Waals surface area contributed by atoms with Crippen LogP contribution in [0.4, 0.5) is 22.1 Å². The van der Waals surface area contributed by atoms with Gasteiger partial charge in [-0.15, -0.1) is 0 Å². The number of nitrogens with one attached hydrogen (secondary N) is 3. The summed E-state index contributed by atoms with van der Waals surface area (Å²) in [5.41, 5.74) is 0.691. The van der Waals surface area contributed by atoms with Crippen LogP contribution in [0.25, 0.3) is 0 Å². The summed E-state index contributed by atoms with van der Waals surface area (Å²) in [6.45, 7) is 1.73. The Labute approximate surface area is 127 Å². The molecule has 2 atom stereocenters. The van der Waals surface area contributed by atoms with Crippen molar-refractivity contribution in [1.29, 1.82) is 0 Å². The number of hydrogen-bond acceptors (Lipinski definition) is 6. The summed E-state index contributed by atoms with van der Waals surface area (Å²) in [5.74, 6) is 1.19. The molecule has 2 aromatic heterocycles. The summed E-state index contributed by atoms with van der Waals surface area (Å²) in [4.78, 5) is 19.0. The number of nitrogens with zero attached hydrogens (tertiary/aromatic N) is 2. The van der Waals surface area contributed by atoms with Crippen LogP contribution < -0.4 is 15.7 Å². The Hall–Kier alpha value is -2.71. The highest BCUT2D eigenvalue weighted by Crippen LogP contribution is 2.21. The Balaban J connectivity index is 2.04. The van der Waals surface area contributed by atoms with Gasteiger partial charge in [0.1, 0.15) is 17.7 Å². The first-order chi connectivity index (χ1) is 10.6. The molecule has 2 aromatic rings. The fourth-order valence-electron chi connectivity index (χ4n) is 1.77. The van der Waals surface area contributed by atoms with Crippen molar-refractivity contribution >= 4 is 23.4 Å². The molecule has 0 fully saturated rings. The van der Waals surface area contributed by atoms with Gasteiger partial charge in [-0.3, -0.25) is 5.06 Å². The van der Waals surface area contributed by atoms with E-state index in [4.69, 9.17) is 5.11 Å². The first-order valence-corrected chi connectivity index (χ1v) is 6.72. The second-order valence-electron chi connectivity index (χ2n) is 4.69. The number of carboxylic acid groups (broad SMARTS) is 1. The second-order valence-corrected chi connectivity index (χ2v) is 4.69. The average Bonchev–Trinajstić information content (AvgIpc) is 2.54. The smallest absolute Gasteiger partial charge is 0.512 e. The van der Waals surface area contributed by atoms with Gasteiger partial charge in [-0.05, 0) is 31.2 Å². The summed E-state index contributed by atoms with van der Waals surface area (Å²) < 4.78 is 0. The number of aromatic nitrogens is 2. The first-order valence-electron chi connectivity index (χ1n) is 6.72. The monoisotopic (exact) mass is 303 g/mol. The molecule has 0 aliphatic heterocycles. The minimum atomic E-state index is -1.43. The summed E-state index contributed by atoms with van der Waals surface area (Å²) in [5, 5.41) is 25.3. The van der Waals surface area contributed by atoms with Crippen molar-refractivity contribution in [3.63, 3.8) is 0 Å². The zero-order chi connectivity index (χ0) is 15.9. The minimum Gasteiger partial charge on any atom is -0.624 e. The Morgan fingerprint density at radius 1 is 1.32 bits per heavy atom. The van der Waals surface area contributed by atoms with Crippen molar-refractivity contribution in [2.75, 3.05) is 17.2 Å². The molecule has 0 saturated carbocycles. The minimum absolute atomic E-state index is 0.180. The van der Waals surface area contributed by atoms with Gasteiger partial charge in [-0.2, -0.15) is 4.79 Å². The molecule has 1 amide bonds. The van der Waals surface area contributed by atoms with Gasteiger partial charge in [0.2, 0.25) is 0 Å². The van der Waals surface area contributed by atoms with Crippen LogP contribution >= 0.6 is 0 Å². The summed E-state index contributed by atoms with van der Waals surface area (Å²) >= 11 is 0. The molecule has 2 heterocycles. The number of amides is 1. The predicted molar refractivity (Wildman–Crippen MR) is 82.1 cm³/mol. The van der Waals surface area contributed by atoms with E-state index in [0.717, 1.165) is 0 Å². The van der Waals surface area contributed by atoms with Crippen molar-refractivity contribution in [3.05, 3.63) is 47.9 Å². The van der Waals surface area contributed by atoms with Crippen LogP contribution in [-0.2, 0) is 0 Å². The molecule has 2 unspecified atom stereocenters. The highest BCUT2D eigenvalue weighted by Gasteiger charge is 2.17. The van der Waals surface area contributed by atoms with Gasteiger partial charge in [0.25, 0.3) is 0 Å². The molecule has 22 heavy (non-hydrogen) atoms. The molecule has 0 aliphatic carbocycles. The number of anilines is 3. The summed E-state index contributed by atoms with van der Waals surface area (Å²) in [7, 11) is 0. The Morgan fingerprint density at radius 3 is 2.77 bits per heavy atom. The van der Waals surface area contributed by atoms with Crippen LogP contribution in [-0.4, -0.2) is 33.8 Å². The molecule has 0 aromatic carbocycles. The molecule has 2 rings (SSSR count). The number of carbonyl (C=O) groups is 1. The molecular formula is C14H17N5O3. The highest BCUT2D eigenvalue weighted by atomic mass is 16.6. The molecule has 0 spiro atoms. The van der Waals surface area contributed by atoms with Crippen LogP contribution in [0, 0.1) is 5.21 Å². The SMILES string of the molecule is CC(CNc1ncccc1Nc1ccccn1)[NH+]([O-])C(=O)O. The predicted octanol–water partition coefficient (Wildman–Crippen LogP) is 1.08. The lowest BCUT2D eigenvalue weighted by atomic mass is 10.3. The molecule has 0 bridgehead atoms. The molecule has 8 heteroatoms. The van der Waals surface area contributed by atoms with Gasteiger partial charge in [-0.1, -0.05) is 6.07 Å². The normalized spacial score (nSPS) is 13.2. The third-order valence-corrected chi connectivity index (χ3v) is 2.97. The average molecular weight is 303 g/mol. The lowest BCUT2D eigenvalue weighted by Crippen LogP contribution is -3.14. The van der Waals surface area contributed by atoms with E-state index in [1.807, 2.05) is 24.3 Å². The number of hydrogen-bond donors (Lipinski definition) is 4. The highest BCUT2D eigenvalue weighted by molar-refractivity contribution is 5.69. The van der Waals surface area contributed by atoms with Crippen molar-refractivity contribution in [3.8, 4) is 0 Å². The van der Waals surface area contributed by atoms with Crippen molar-refractivity contribution in [2.45, 2.75) is 13.0 Å². The zero-order valence-electron chi connectivity index (χ0n) is 12.0. The third kappa shape index (κ3) is 4.14. The molecule has 116 valence electrons. The quantitative estimate of drug-likeness (QED) is 0.590. The molecule has 8 nitrogen and oxygen atoms in total. The van der Waals surface area contributed by atoms with E-state index in [-0.39, 0.29) is 6.54 Å². The maximum atomic E-state index is 11.4. The maximum Gasteiger partial charge on any atom is 0.512 e. The number of rotatable bonds is 6. The molecule has 0 saturated heterocycles. The summed E-state index contributed by atoms with van der Waals surface area (Å²) in [6.07, 6.45) is 1.84. The van der Waals surface area contributed by atoms with Gasteiger partial charge in [-0.25, -0.2) is 9.97 Å². The van der Waals surface area contributed by atoms with E-state index in [0.29, 0.717) is 17.3 Å². The first kappa shape index (κ1) is 15.7. The van der Waals surface area contributed by atoms with Gasteiger partial charge >= 0.3 is 6.09 Å². The van der Waals surface area contributed by atoms with Crippen molar-refractivity contribution in [1.82, 2.24) is 9.97 Å². The van der Waals surface area contributed by atoms with Crippen molar-refractivity contribution < 1.29 is 15.0 Å². The van der Waals surface area contributed by atoms with E-state index < -0.39 is 17.2 Å². The lowest BCUT2D eigenvalue weighted by molar-refractivity contribution is -0.793. The van der Waals surface area contributed by atoms with Gasteiger partial charge in [0.05, 0.1) is 12.2 Å². The second kappa shape index (κ2) is 7.34. The molecular weight excluding hydrogens is 286 g/mol. The van der Waals surface area contributed by atoms with E-state index in [1.165, 1.54) is 0 Å². The van der Waals surface area contributed by atoms with E-state index >= 15 is 0 Å². The zero-order valence-corrected chi connectivity index (χ0v) is 12.0. The Kier molecular flexibility index (Phi) is 5.23. The summed E-state index contributed by atoms with van der Waals surface area (Å²) in [6, 6.07) is 8.41. The van der Waals surface area contributed by atoms with Crippen LogP contribution in [0.3, 0.4) is 0 Å². The van der Waals surface area contributed by atoms with Gasteiger partial charge < -0.3 is 20.9 Å². The van der Waals surface area contributed by atoms with Gasteiger partial charge in [0, 0.05) is 12.4 Å². The number of hydroxylamine groups is 2.